The van der Waals surface area contributed by atoms with Crippen molar-refractivity contribution in [2.45, 2.75) is 19.8 Å². The van der Waals surface area contributed by atoms with Crippen molar-refractivity contribution in [3.8, 4) is 0 Å². The molecule has 0 aliphatic rings. The van der Waals surface area contributed by atoms with Crippen molar-refractivity contribution in [1.82, 2.24) is 15.3 Å². The molecule has 116 valence electrons. The Balaban J connectivity index is 1.92. The monoisotopic (exact) mass is 302 g/mol. The molecule has 5 nitrogen and oxygen atoms in total. The highest BCUT2D eigenvalue weighted by Gasteiger charge is 2.17. The van der Waals surface area contributed by atoms with Crippen LogP contribution in [0.25, 0.3) is 0 Å². The molecule has 0 radical (unpaired) electrons. The van der Waals surface area contributed by atoms with Crippen LogP contribution in [0.3, 0.4) is 0 Å². The van der Waals surface area contributed by atoms with Crippen LogP contribution >= 0.6 is 0 Å². The number of rotatable bonds is 5. The van der Waals surface area contributed by atoms with E-state index in [-0.39, 0.29) is 11.9 Å². The molecule has 2 aromatic rings. The van der Waals surface area contributed by atoms with Crippen LogP contribution in [-0.2, 0) is 0 Å². The van der Waals surface area contributed by atoms with Gasteiger partial charge in [0.05, 0.1) is 6.20 Å². The highest BCUT2D eigenvalue weighted by Crippen LogP contribution is 2.22. The number of halogens is 1. The van der Waals surface area contributed by atoms with E-state index in [0.717, 1.165) is 11.8 Å². The van der Waals surface area contributed by atoms with Gasteiger partial charge in [-0.05, 0) is 29.7 Å². The minimum atomic E-state index is -0.442. The van der Waals surface area contributed by atoms with Crippen molar-refractivity contribution < 1.29 is 9.18 Å². The number of hydrogen-bond donors (Lipinski definition) is 2. The summed E-state index contributed by atoms with van der Waals surface area (Å²) >= 11 is 0. The Bertz CT molecular complexity index is 601. The van der Waals surface area contributed by atoms with Gasteiger partial charge in [0.15, 0.2) is 0 Å². The highest BCUT2D eigenvalue weighted by molar-refractivity contribution is 5.88. The molecular formula is C16H19FN4O. The van der Waals surface area contributed by atoms with E-state index in [4.69, 9.17) is 0 Å². The lowest BCUT2D eigenvalue weighted by Gasteiger charge is -2.21. The van der Waals surface area contributed by atoms with Gasteiger partial charge in [-0.3, -0.25) is 10.3 Å². The molecule has 0 saturated heterocycles. The van der Waals surface area contributed by atoms with Crippen LogP contribution in [0.1, 0.15) is 25.3 Å². The van der Waals surface area contributed by atoms with E-state index in [1.165, 1.54) is 12.1 Å². The van der Waals surface area contributed by atoms with Gasteiger partial charge in [0.1, 0.15) is 11.6 Å². The first kappa shape index (κ1) is 15.9. The summed E-state index contributed by atoms with van der Waals surface area (Å²) in [5.74, 6) is 0.387. The van der Waals surface area contributed by atoms with Crippen LogP contribution in [0, 0.1) is 11.7 Å². The van der Waals surface area contributed by atoms with Crippen molar-refractivity contribution in [2.24, 2.45) is 5.92 Å². The third kappa shape index (κ3) is 4.51. The quantitative estimate of drug-likeness (QED) is 0.891. The Kier molecular flexibility index (Phi) is 5.41. The Morgan fingerprint density at radius 2 is 2.09 bits per heavy atom. The zero-order valence-corrected chi connectivity index (χ0v) is 12.6. The molecule has 0 aliphatic heterocycles. The molecule has 1 atom stereocenters. The largest absolute Gasteiger partial charge is 0.337 e. The first-order valence-corrected chi connectivity index (χ1v) is 7.12. The number of anilines is 1. The van der Waals surface area contributed by atoms with Gasteiger partial charge in [-0.2, -0.15) is 0 Å². The number of carbonyl (C=O) groups excluding carboxylic acids is 1. The van der Waals surface area contributed by atoms with Crippen molar-refractivity contribution >= 4 is 11.8 Å². The number of hydrogen-bond acceptors (Lipinski definition) is 3. The number of nitrogens with zero attached hydrogens (tertiary/aromatic N) is 2. The summed E-state index contributed by atoms with van der Waals surface area (Å²) in [6, 6.07) is 6.17. The van der Waals surface area contributed by atoms with E-state index >= 15 is 0 Å². The predicted molar refractivity (Wildman–Crippen MR) is 83.0 cm³/mol. The first-order valence-electron chi connectivity index (χ1n) is 7.12. The number of carbonyl (C=O) groups is 1. The molecule has 2 amide bonds. The predicted octanol–water partition coefficient (Wildman–Crippen LogP) is 3.18. The van der Waals surface area contributed by atoms with Gasteiger partial charge in [0, 0.05) is 24.9 Å². The molecule has 0 spiro atoms. The molecule has 2 heterocycles. The molecule has 0 fully saturated rings. The van der Waals surface area contributed by atoms with Gasteiger partial charge in [-0.1, -0.05) is 19.9 Å². The summed E-state index contributed by atoms with van der Waals surface area (Å²) in [6.07, 6.45) is 4.59. The lowest BCUT2D eigenvalue weighted by Crippen LogP contribution is -2.34. The van der Waals surface area contributed by atoms with Crippen LogP contribution < -0.4 is 10.6 Å². The van der Waals surface area contributed by atoms with Gasteiger partial charge >= 0.3 is 6.03 Å². The Morgan fingerprint density at radius 3 is 2.68 bits per heavy atom. The maximum Gasteiger partial charge on any atom is 0.320 e. The number of amides is 2. The standard InChI is InChI=1S/C16H19FN4O/c1-11(2)14(12-4-3-7-18-8-12)10-20-16(22)21-15-6-5-13(17)9-19-15/h3-9,11,14H,10H2,1-2H3,(H2,19,20,21,22). The molecule has 0 bridgehead atoms. The summed E-state index contributed by atoms with van der Waals surface area (Å²) in [5.41, 5.74) is 1.08. The molecule has 22 heavy (non-hydrogen) atoms. The van der Waals surface area contributed by atoms with Crippen molar-refractivity contribution in [3.05, 3.63) is 54.2 Å². The second kappa shape index (κ2) is 7.49. The zero-order valence-electron chi connectivity index (χ0n) is 12.6. The van der Waals surface area contributed by atoms with E-state index in [0.29, 0.717) is 18.3 Å². The van der Waals surface area contributed by atoms with Crippen LogP contribution in [0.2, 0.25) is 0 Å². The van der Waals surface area contributed by atoms with E-state index < -0.39 is 5.82 Å². The second-order valence-electron chi connectivity index (χ2n) is 5.33. The number of urea groups is 1. The molecule has 2 rings (SSSR count). The van der Waals surface area contributed by atoms with Crippen molar-refractivity contribution in [1.29, 1.82) is 0 Å². The van der Waals surface area contributed by atoms with E-state index in [1.54, 1.807) is 6.20 Å². The fourth-order valence-electron chi connectivity index (χ4n) is 2.15. The molecule has 0 saturated carbocycles. The minimum Gasteiger partial charge on any atom is -0.337 e. The minimum absolute atomic E-state index is 0.167. The lowest BCUT2D eigenvalue weighted by molar-refractivity contribution is 0.250. The molecule has 2 aromatic heterocycles. The highest BCUT2D eigenvalue weighted by atomic mass is 19.1. The second-order valence-corrected chi connectivity index (χ2v) is 5.33. The zero-order chi connectivity index (χ0) is 15.9. The third-order valence-electron chi connectivity index (χ3n) is 3.37. The third-order valence-corrected chi connectivity index (χ3v) is 3.37. The number of nitrogens with one attached hydrogen (secondary N) is 2. The summed E-state index contributed by atoms with van der Waals surface area (Å²) in [7, 11) is 0. The van der Waals surface area contributed by atoms with E-state index in [1.807, 2.05) is 18.3 Å². The molecule has 1 unspecified atom stereocenters. The Labute approximate surface area is 129 Å². The fraction of sp³-hybridized carbons (Fsp3) is 0.312. The lowest BCUT2D eigenvalue weighted by atomic mass is 9.89. The normalized spacial score (nSPS) is 12.0. The van der Waals surface area contributed by atoms with Crippen LogP contribution in [0.4, 0.5) is 15.0 Å². The summed E-state index contributed by atoms with van der Waals surface area (Å²) in [4.78, 5) is 19.8. The molecule has 0 aromatic carbocycles. The van der Waals surface area contributed by atoms with Gasteiger partial charge < -0.3 is 5.32 Å². The van der Waals surface area contributed by atoms with E-state index in [2.05, 4.69) is 34.4 Å². The topological polar surface area (TPSA) is 66.9 Å². The van der Waals surface area contributed by atoms with Gasteiger partial charge in [0.25, 0.3) is 0 Å². The smallest absolute Gasteiger partial charge is 0.320 e. The molecule has 2 N–H and O–H groups in total. The molecule has 6 heteroatoms. The SMILES string of the molecule is CC(C)C(CNC(=O)Nc1ccc(F)cn1)c1cccnc1. The molecular weight excluding hydrogens is 283 g/mol. The summed E-state index contributed by atoms with van der Waals surface area (Å²) in [6.45, 7) is 4.67. The fourth-order valence-corrected chi connectivity index (χ4v) is 2.15. The van der Waals surface area contributed by atoms with Crippen molar-refractivity contribution in [2.75, 3.05) is 11.9 Å². The summed E-state index contributed by atoms with van der Waals surface area (Å²) < 4.78 is 12.8. The van der Waals surface area contributed by atoms with Gasteiger partial charge in [0.2, 0.25) is 0 Å². The first-order chi connectivity index (χ1) is 10.6. The average Bonchev–Trinajstić information content (AvgIpc) is 2.50. The average molecular weight is 302 g/mol. The maximum absolute atomic E-state index is 12.8. The van der Waals surface area contributed by atoms with Gasteiger partial charge in [-0.25, -0.2) is 14.2 Å². The number of pyridine rings is 2. The van der Waals surface area contributed by atoms with Crippen LogP contribution in [0.5, 0.6) is 0 Å². The Hall–Kier alpha value is -2.50. The Morgan fingerprint density at radius 1 is 1.27 bits per heavy atom. The van der Waals surface area contributed by atoms with Crippen LogP contribution in [-0.4, -0.2) is 22.5 Å². The summed E-state index contributed by atoms with van der Waals surface area (Å²) in [5, 5.41) is 5.39. The van der Waals surface area contributed by atoms with Crippen molar-refractivity contribution in [3.63, 3.8) is 0 Å². The van der Waals surface area contributed by atoms with E-state index in [9.17, 15) is 9.18 Å². The maximum atomic E-state index is 12.8. The van der Waals surface area contributed by atoms with Gasteiger partial charge in [-0.15, -0.1) is 0 Å². The number of aromatic nitrogens is 2. The molecule has 0 aliphatic carbocycles. The van der Waals surface area contributed by atoms with Crippen LogP contribution in [0.15, 0.2) is 42.9 Å².